The van der Waals surface area contributed by atoms with Crippen molar-refractivity contribution < 1.29 is 9.90 Å². The normalized spacial score (nSPS) is 43.8. The summed E-state index contributed by atoms with van der Waals surface area (Å²) in [5.74, 6) is 0.236. The molecule has 3 nitrogen and oxygen atoms in total. The molecule has 0 amide bonds. The predicted molar refractivity (Wildman–Crippen MR) is 61.2 cm³/mol. The summed E-state index contributed by atoms with van der Waals surface area (Å²) < 4.78 is 0. The molecule has 1 N–H and O–H groups in total. The van der Waals surface area contributed by atoms with E-state index >= 15 is 0 Å². The second-order valence-corrected chi connectivity index (χ2v) is 5.73. The molecule has 0 aromatic rings. The summed E-state index contributed by atoms with van der Waals surface area (Å²) in [6.45, 7) is 1.16. The van der Waals surface area contributed by atoms with Crippen molar-refractivity contribution in [3.05, 3.63) is 0 Å². The summed E-state index contributed by atoms with van der Waals surface area (Å²) in [4.78, 5) is 13.6. The number of hydrogen-bond donors (Lipinski definition) is 1. The zero-order valence-corrected chi connectivity index (χ0v) is 9.77. The van der Waals surface area contributed by atoms with Gasteiger partial charge in [0.2, 0.25) is 0 Å². The van der Waals surface area contributed by atoms with E-state index in [0.29, 0.717) is 6.04 Å². The van der Waals surface area contributed by atoms with Gasteiger partial charge in [0.1, 0.15) is 0 Å². The van der Waals surface area contributed by atoms with Crippen molar-refractivity contribution >= 4 is 5.97 Å². The fourth-order valence-electron chi connectivity index (χ4n) is 4.02. The Morgan fingerprint density at radius 2 is 1.81 bits per heavy atom. The number of hydrogen-bond acceptors (Lipinski definition) is 2. The Morgan fingerprint density at radius 3 is 2.50 bits per heavy atom. The average Bonchev–Trinajstić information content (AvgIpc) is 2.60. The molecule has 1 saturated heterocycles. The second kappa shape index (κ2) is 4.02. The number of aliphatic carboxylic acids is 1. The zero-order valence-electron chi connectivity index (χ0n) is 9.77. The molecule has 0 radical (unpaired) electrons. The van der Waals surface area contributed by atoms with Crippen LogP contribution in [0.4, 0.5) is 0 Å². The van der Waals surface area contributed by atoms with Crippen molar-refractivity contribution in [3.63, 3.8) is 0 Å². The largest absolute Gasteiger partial charge is 0.481 e. The summed E-state index contributed by atoms with van der Waals surface area (Å²) >= 11 is 0. The van der Waals surface area contributed by atoms with Crippen molar-refractivity contribution in [1.29, 1.82) is 0 Å². The van der Waals surface area contributed by atoms with Gasteiger partial charge in [-0.1, -0.05) is 12.8 Å². The molecule has 0 bridgehead atoms. The monoisotopic (exact) mass is 223 g/mol. The number of carboxylic acids is 1. The van der Waals surface area contributed by atoms with Crippen molar-refractivity contribution in [2.45, 2.75) is 57.0 Å². The van der Waals surface area contributed by atoms with E-state index in [1.165, 1.54) is 32.1 Å². The Morgan fingerprint density at radius 1 is 1.00 bits per heavy atom. The van der Waals surface area contributed by atoms with Crippen LogP contribution in [0.25, 0.3) is 0 Å². The topological polar surface area (TPSA) is 40.5 Å². The minimum absolute atomic E-state index is 0.0688. The van der Waals surface area contributed by atoms with Gasteiger partial charge in [-0.15, -0.1) is 0 Å². The Hall–Kier alpha value is -0.570. The zero-order chi connectivity index (χ0) is 11.1. The van der Waals surface area contributed by atoms with E-state index in [0.717, 1.165) is 31.3 Å². The van der Waals surface area contributed by atoms with Crippen LogP contribution in [-0.2, 0) is 4.79 Å². The third kappa shape index (κ3) is 1.56. The Labute approximate surface area is 96.8 Å². The molecule has 4 atom stereocenters. The summed E-state index contributed by atoms with van der Waals surface area (Å²) in [5.41, 5.74) is 0. The smallest absolute Gasteiger partial charge is 0.308 e. The molecule has 3 fully saturated rings. The molecular weight excluding hydrogens is 202 g/mol. The lowest BCUT2D eigenvalue weighted by molar-refractivity contribution is -0.149. The van der Waals surface area contributed by atoms with Crippen LogP contribution in [0.15, 0.2) is 0 Å². The first-order valence-corrected chi connectivity index (χ1v) is 6.76. The first-order chi connectivity index (χ1) is 7.77. The summed E-state index contributed by atoms with van der Waals surface area (Å²) in [7, 11) is 0. The van der Waals surface area contributed by atoms with Gasteiger partial charge in [0.25, 0.3) is 0 Å². The summed E-state index contributed by atoms with van der Waals surface area (Å²) in [5, 5.41) is 9.13. The standard InChI is InChI=1S/C13H21NO2/c15-13(16)10-5-6-12(10)14-8-7-9-3-1-2-4-11(9)14/h9-12H,1-8H2,(H,15,16). The van der Waals surface area contributed by atoms with Gasteiger partial charge in [0.05, 0.1) is 5.92 Å². The lowest BCUT2D eigenvalue weighted by atomic mass is 9.77. The van der Waals surface area contributed by atoms with E-state index in [1.807, 2.05) is 0 Å². The van der Waals surface area contributed by atoms with E-state index in [-0.39, 0.29) is 5.92 Å². The van der Waals surface area contributed by atoms with Gasteiger partial charge in [-0.3, -0.25) is 9.69 Å². The fraction of sp³-hybridized carbons (Fsp3) is 0.923. The number of nitrogens with zero attached hydrogens (tertiary/aromatic N) is 1. The molecule has 2 saturated carbocycles. The molecule has 2 aliphatic carbocycles. The SMILES string of the molecule is O=C(O)C1CCC1N1CCC2CCCCC21. The van der Waals surface area contributed by atoms with Crippen LogP contribution in [0, 0.1) is 11.8 Å². The number of carbonyl (C=O) groups is 1. The molecular formula is C13H21NO2. The van der Waals surface area contributed by atoms with Crippen molar-refractivity contribution in [3.8, 4) is 0 Å². The molecule has 4 unspecified atom stereocenters. The van der Waals surface area contributed by atoms with Crippen LogP contribution in [0.2, 0.25) is 0 Å². The van der Waals surface area contributed by atoms with E-state index in [4.69, 9.17) is 5.11 Å². The van der Waals surface area contributed by atoms with Crippen molar-refractivity contribution in [2.75, 3.05) is 6.54 Å². The number of carboxylic acid groups (broad SMARTS) is 1. The maximum Gasteiger partial charge on any atom is 0.308 e. The molecule has 3 aliphatic rings. The fourth-order valence-corrected chi connectivity index (χ4v) is 4.02. The maximum atomic E-state index is 11.1. The molecule has 1 heterocycles. The number of fused-ring (bicyclic) bond motifs is 1. The lowest BCUT2D eigenvalue weighted by Crippen LogP contribution is -2.53. The van der Waals surface area contributed by atoms with Crippen LogP contribution in [0.1, 0.15) is 44.9 Å². The van der Waals surface area contributed by atoms with Gasteiger partial charge in [-0.2, -0.15) is 0 Å². The highest BCUT2D eigenvalue weighted by molar-refractivity contribution is 5.72. The predicted octanol–water partition coefficient (Wildman–Crippen LogP) is 2.11. The van der Waals surface area contributed by atoms with Gasteiger partial charge >= 0.3 is 5.97 Å². The third-order valence-corrected chi connectivity index (χ3v) is 5.03. The van der Waals surface area contributed by atoms with Crippen LogP contribution in [0.5, 0.6) is 0 Å². The Balaban J connectivity index is 1.69. The molecule has 16 heavy (non-hydrogen) atoms. The Bertz CT molecular complexity index is 292. The van der Waals surface area contributed by atoms with E-state index in [1.54, 1.807) is 0 Å². The number of rotatable bonds is 2. The molecule has 0 aromatic carbocycles. The van der Waals surface area contributed by atoms with Gasteiger partial charge in [0, 0.05) is 12.1 Å². The third-order valence-electron chi connectivity index (χ3n) is 5.03. The summed E-state index contributed by atoms with van der Waals surface area (Å²) in [6, 6.07) is 1.09. The molecule has 0 spiro atoms. The van der Waals surface area contributed by atoms with E-state index in [2.05, 4.69) is 4.90 Å². The quantitative estimate of drug-likeness (QED) is 0.779. The molecule has 1 aliphatic heterocycles. The first kappa shape index (κ1) is 10.6. The molecule has 0 aromatic heterocycles. The average molecular weight is 223 g/mol. The van der Waals surface area contributed by atoms with Gasteiger partial charge in [-0.05, 0) is 44.6 Å². The minimum atomic E-state index is -0.574. The van der Waals surface area contributed by atoms with Crippen LogP contribution in [-0.4, -0.2) is 34.6 Å². The van der Waals surface area contributed by atoms with E-state index in [9.17, 15) is 4.79 Å². The van der Waals surface area contributed by atoms with Crippen molar-refractivity contribution in [1.82, 2.24) is 4.90 Å². The minimum Gasteiger partial charge on any atom is -0.481 e. The Kier molecular flexibility index (Phi) is 2.66. The highest BCUT2D eigenvalue weighted by Gasteiger charge is 2.46. The highest BCUT2D eigenvalue weighted by atomic mass is 16.4. The molecule has 90 valence electrons. The van der Waals surface area contributed by atoms with Gasteiger partial charge < -0.3 is 5.11 Å². The van der Waals surface area contributed by atoms with Gasteiger partial charge in [0.15, 0.2) is 0 Å². The van der Waals surface area contributed by atoms with Crippen LogP contribution >= 0.6 is 0 Å². The number of likely N-dealkylation sites (tertiary alicyclic amines) is 1. The highest BCUT2D eigenvalue weighted by Crippen LogP contribution is 2.43. The maximum absolute atomic E-state index is 11.1. The van der Waals surface area contributed by atoms with Gasteiger partial charge in [-0.25, -0.2) is 0 Å². The summed E-state index contributed by atoms with van der Waals surface area (Å²) in [6.07, 6.45) is 8.75. The van der Waals surface area contributed by atoms with Crippen molar-refractivity contribution in [2.24, 2.45) is 11.8 Å². The first-order valence-electron chi connectivity index (χ1n) is 6.76. The molecule has 3 rings (SSSR count). The van der Waals surface area contributed by atoms with Crippen LogP contribution < -0.4 is 0 Å². The lowest BCUT2D eigenvalue weighted by Gasteiger charge is -2.45. The van der Waals surface area contributed by atoms with Crippen LogP contribution in [0.3, 0.4) is 0 Å². The molecule has 3 heteroatoms. The second-order valence-electron chi connectivity index (χ2n) is 5.73. The van der Waals surface area contributed by atoms with E-state index < -0.39 is 5.97 Å².